The molecule has 3 rings (SSSR count). The maximum Gasteiger partial charge on any atom is 0.222 e. The minimum atomic E-state index is 0.259. The standard InChI is InChI=1S/C19H27NO2S/c21-16(14-17-9-5-13-23-17)8-3-11-19(22)20-12-4-7-15-6-1-2-10-18(15)20/h5,9,13,15,18H,1-4,6-8,10-12,14H2. The molecule has 23 heavy (non-hydrogen) atoms. The van der Waals surface area contributed by atoms with Gasteiger partial charge in [0.15, 0.2) is 0 Å². The molecule has 1 aromatic heterocycles. The van der Waals surface area contributed by atoms with Crippen LogP contribution in [-0.4, -0.2) is 29.2 Å². The van der Waals surface area contributed by atoms with E-state index in [2.05, 4.69) is 4.90 Å². The number of likely N-dealkylation sites (tertiary alicyclic amines) is 1. The molecular weight excluding hydrogens is 306 g/mol. The number of thiophene rings is 1. The molecule has 4 heteroatoms. The van der Waals surface area contributed by atoms with E-state index in [0.29, 0.717) is 31.7 Å². The highest BCUT2D eigenvalue weighted by molar-refractivity contribution is 7.10. The van der Waals surface area contributed by atoms with Crippen LogP contribution in [0.25, 0.3) is 0 Å². The summed E-state index contributed by atoms with van der Waals surface area (Å²) >= 11 is 1.63. The Labute approximate surface area is 143 Å². The van der Waals surface area contributed by atoms with Crippen molar-refractivity contribution < 1.29 is 9.59 Å². The average Bonchev–Trinajstić information content (AvgIpc) is 3.07. The maximum absolute atomic E-state index is 12.6. The fourth-order valence-electron chi connectivity index (χ4n) is 4.21. The second-order valence-electron chi connectivity index (χ2n) is 6.99. The number of carbonyl (C=O) groups excluding carboxylic acids is 2. The lowest BCUT2D eigenvalue weighted by molar-refractivity contribution is -0.137. The minimum Gasteiger partial charge on any atom is -0.339 e. The first kappa shape index (κ1) is 16.7. The quantitative estimate of drug-likeness (QED) is 0.782. The SMILES string of the molecule is O=C(CCCC(=O)N1CCCC2CCCCC21)Cc1cccs1. The maximum atomic E-state index is 12.6. The van der Waals surface area contributed by atoms with Crippen LogP contribution in [0.5, 0.6) is 0 Å². The van der Waals surface area contributed by atoms with Gasteiger partial charge in [-0.1, -0.05) is 18.9 Å². The molecule has 0 radical (unpaired) electrons. The fourth-order valence-corrected chi connectivity index (χ4v) is 4.94. The number of nitrogens with zero attached hydrogens (tertiary/aromatic N) is 1. The summed E-state index contributed by atoms with van der Waals surface area (Å²) in [6.45, 7) is 0.934. The van der Waals surface area contributed by atoms with E-state index in [1.54, 1.807) is 11.3 Å². The predicted molar refractivity (Wildman–Crippen MR) is 93.6 cm³/mol. The van der Waals surface area contributed by atoms with Crippen LogP contribution in [0.3, 0.4) is 0 Å². The number of carbonyl (C=O) groups is 2. The molecule has 2 unspecified atom stereocenters. The molecular formula is C19H27NO2S. The highest BCUT2D eigenvalue weighted by atomic mass is 32.1. The smallest absolute Gasteiger partial charge is 0.222 e. The zero-order valence-electron chi connectivity index (χ0n) is 13.8. The van der Waals surface area contributed by atoms with E-state index >= 15 is 0 Å². The van der Waals surface area contributed by atoms with Gasteiger partial charge in [-0.25, -0.2) is 0 Å². The molecule has 2 heterocycles. The topological polar surface area (TPSA) is 37.4 Å². The Hall–Kier alpha value is -1.16. The summed E-state index contributed by atoms with van der Waals surface area (Å²) < 4.78 is 0. The van der Waals surface area contributed by atoms with E-state index in [1.165, 1.54) is 32.1 Å². The van der Waals surface area contributed by atoms with Crippen molar-refractivity contribution in [1.82, 2.24) is 4.90 Å². The Kier molecular flexibility index (Phi) is 5.87. The Morgan fingerprint density at radius 1 is 1.13 bits per heavy atom. The lowest BCUT2D eigenvalue weighted by atomic mass is 9.78. The summed E-state index contributed by atoms with van der Waals surface area (Å²) in [4.78, 5) is 27.8. The van der Waals surface area contributed by atoms with Gasteiger partial charge in [0.2, 0.25) is 5.91 Å². The third kappa shape index (κ3) is 4.43. The van der Waals surface area contributed by atoms with Crippen molar-refractivity contribution in [3.63, 3.8) is 0 Å². The van der Waals surface area contributed by atoms with E-state index < -0.39 is 0 Å². The number of rotatable bonds is 6. The van der Waals surface area contributed by atoms with Crippen molar-refractivity contribution in [2.45, 2.75) is 70.3 Å². The van der Waals surface area contributed by atoms with Gasteiger partial charge >= 0.3 is 0 Å². The first-order chi connectivity index (χ1) is 11.2. The van der Waals surface area contributed by atoms with Crippen LogP contribution < -0.4 is 0 Å². The molecule has 3 nitrogen and oxygen atoms in total. The molecule has 126 valence electrons. The zero-order valence-corrected chi connectivity index (χ0v) is 14.7. The number of fused-ring (bicyclic) bond motifs is 1. The van der Waals surface area contributed by atoms with Gasteiger partial charge in [0, 0.05) is 36.7 Å². The number of ketones is 1. The van der Waals surface area contributed by atoms with Crippen molar-refractivity contribution in [2.24, 2.45) is 5.92 Å². The van der Waals surface area contributed by atoms with E-state index in [4.69, 9.17) is 0 Å². The van der Waals surface area contributed by atoms with E-state index in [9.17, 15) is 9.59 Å². The van der Waals surface area contributed by atoms with Crippen molar-refractivity contribution in [3.05, 3.63) is 22.4 Å². The van der Waals surface area contributed by atoms with Crippen molar-refractivity contribution in [2.75, 3.05) is 6.54 Å². The van der Waals surface area contributed by atoms with Crippen LogP contribution in [0.1, 0.15) is 62.7 Å². The van der Waals surface area contributed by atoms with Gasteiger partial charge in [-0.3, -0.25) is 9.59 Å². The molecule has 2 atom stereocenters. The zero-order chi connectivity index (χ0) is 16.1. The van der Waals surface area contributed by atoms with Crippen molar-refractivity contribution in [3.8, 4) is 0 Å². The summed E-state index contributed by atoms with van der Waals surface area (Å²) in [6.07, 6.45) is 9.85. The molecule has 0 spiro atoms. The molecule has 2 aliphatic rings. The molecule has 1 saturated carbocycles. The molecule has 1 saturated heterocycles. The highest BCUT2D eigenvalue weighted by Gasteiger charge is 2.35. The van der Waals surface area contributed by atoms with E-state index in [-0.39, 0.29) is 11.7 Å². The summed E-state index contributed by atoms with van der Waals surface area (Å²) in [5.41, 5.74) is 0. The number of amides is 1. The molecule has 0 N–H and O–H groups in total. The Morgan fingerprint density at radius 2 is 1.96 bits per heavy atom. The third-order valence-corrected chi connectivity index (χ3v) is 6.24. The molecule has 1 aromatic rings. The van der Waals surface area contributed by atoms with Crippen molar-refractivity contribution in [1.29, 1.82) is 0 Å². The number of piperidine rings is 1. The number of Topliss-reactive ketones (excluding diaryl/α,β-unsaturated/α-hetero) is 1. The normalized spacial score (nSPS) is 24.3. The van der Waals surface area contributed by atoms with Gasteiger partial charge < -0.3 is 4.90 Å². The largest absolute Gasteiger partial charge is 0.339 e. The van der Waals surface area contributed by atoms with Gasteiger partial charge in [-0.15, -0.1) is 11.3 Å². The van der Waals surface area contributed by atoms with Gasteiger partial charge in [0.05, 0.1) is 0 Å². The minimum absolute atomic E-state index is 0.259. The first-order valence-corrected chi connectivity index (χ1v) is 9.95. The average molecular weight is 333 g/mol. The first-order valence-electron chi connectivity index (χ1n) is 9.07. The summed E-state index contributed by atoms with van der Waals surface area (Å²) in [5.74, 6) is 1.28. The Morgan fingerprint density at radius 3 is 2.78 bits per heavy atom. The third-order valence-electron chi connectivity index (χ3n) is 5.36. The molecule has 2 fully saturated rings. The molecule has 1 aliphatic heterocycles. The second-order valence-corrected chi connectivity index (χ2v) is 8.02. The van der Waals surface area contributed by atoms with Crippen LogP contribution in [0.15, 0.2) is 17.5 Å². The van der Waals surface area contributed by atoms with Crippen LogP contribution in [0, 0.1) is 5.92 Å². The highest BCUT2D eigenvalue weighted by Crippen LogP contribution is 2.35. The monoisotopic (exact) mass is 333 g/mol. The van der Waals surface area contributed by atoms with E-state index in [1.807, 2.05) is 17.5 Å². The molecule has 0 bridgehead atoms. The second kappa shape index (κ2) is 8.09. The Bertz CT molecular complexity index is 523. The Balaban J connectivity index is 1.42. The summed E-state index contributed by atoms with van der Waals surface area (Å²) in [6, 6.07) is 4.48. The molecule has 0 aromatic carbocycles. The van der Waals surface area contributed by atoms with Gasteiger partial charge in [0.1, 0.15) is 5.78 Å². The van der Waals surface area contributed by atoms with Crippen LogP contribution in [0.4, 0.5) is 0 Å². The number of hydrogen-bond donors (Lipinski definition) is 0. The summed E-state index contributed by atoms with van der Waals surface area (Å²) in [5, 5.41) is 2.00. The van der Waals surface area contributed by atoms with E-state index in [0.717, 1.165) is 23.8 Å². The predicted octanol–water partition coefficient (Wildman–Crippen LogP) is 4.21. The van der Waals surface area contributed by atoms with Gasteiger partial charge in [-0.05, 0) is 49.5 Å². The van der Waals surface area contributed by atoms with Crippen LogP contribution >= 0.6 is 11.3 Å². The lowest BCUT2D eigenvalue weighted by Crippen LogP contribution is -2.49. The number of hydrogen-bond acceptors (Lipinski definition) is 3. The van der Waals surface area contributed by atoms with Crippen LogP contribution in [-0.2, 0) is 16.0 Å². The molecule has 1 amide bonds. The lowest BCUT2D eigenvalue weighted by Gasteiger charge is -2.44. The van der Waals surface area contributed by atoms with Gasteiger partial charge in [0.25, 0.3) is 0 Å². The van der Waals surface area contributed by atoms with Gasteiger partial charge in [-0.2, -0.15) is 0 Å². The van der Waals surface area contributed by atoms with Crippen molar-refractivity contribution >= 4 is 23.0 Å². The fraction of sp³-hybridized carbons (Fsp3) is 0.684. The molecule has 1 aliphatic carbocycles. The van der Waals surface area contributed by atoms with Crippen LogP contribution in [0.2, 0.25) is 0 Å². The summed E-state index contributed by atoms with van der Waals surface area (Å²) in [7, 11) is 0.